The second-order valence-electron chi connectivity index (χ2n) is 5.26. The standard InChI is InChI=1S/C17H13N7O2/c25-17(14-5-6-21-26-14)23-13-3-1-12(2-4-13)22-15-9-16(20-10-19-15)24-8-7-18-11-24/h1-11H,(H,23,25)(H,19,20,22). The van der Waals surface area contributed by atoms with E-state index in [2.05, 4.69) is 30.7 Å². The summed E-state index contributed by atoms with van der Waals surface area (Å²) in [5, 5.41) is 9.42. The maximum absolute atomic E-state index is 11.9. The van der Waals surface area contributed by atoms with Crippen molar-refractivity contribution in [1.82, 2.24) is 24.7 Å². The van der Waals surface area contributed by atoms with Crippen LogP contribution in [-0.4, -0.2) is 30.6 Å². The van der Waals surface area contributed by atoms with Crippen LogP contribution < -0.4 is 10.6 Å². The van der Waals surface area contributed by atoms with Gasteiger partial charge in [-0.1, -0.05) is 5.16 Å². The van der Waals surface area contributed by atoms with Gasteiger partial charge in [0.25, 0.3) is 5.91 Å². The first kappa shape index (κ1) is 15.5. The molecule has 4 aromatic rings. The molecule has 0 spiro atoms. The lowest BCUT2D eigenvalue weighted by atomic mass is 10.2. The van der Waals surface area contributed by atoms with E-state index in [1.165, 1.54) is 18.6 Å². The van der Waals surface area contributed by atoms with Gasteiger partial charge in [0.15, 0.2) is 0 Å². The molecule has 0 unspecified atom stereocenters. The Kier molecular flexibility index (Phi) is 4.09. The van der Waals surface area contributed by atoms with Crippen LogP contribution in [0.3, 0.4) is 0 Å². The Morgan fingerprint density at radius 2 is 1.88 bits per heavy atom. The first-order valence-electron chi connectivity index (χ1n) is 7.67. The number of benzene rings is 1. The van der Waals surface area contributed by atoms with E-state index in [1.54, 1.807) is 41.5 Å². The van der Waals surface area contributed by atoms with Crippen LogP contribution in [0.15, 0.2) is 72.2 Å². The van der Waals surface area contributed by atoms with Crippen LogP contribution in [0.5, 0.6) is 0 Å². The number of rotatable bonds is 5. The fourth-order valence-electron chi connectivity index (χ4n) is 2.26. The third kappa shape index (κ3) is 3.41. The summed E-state index contributed by atoms with van der Waals surface area (Å²) in [6.07, 6.45) is 8.04. The van der Waals surface area contributed by atoms with Crippen molar-refractivity contribution in [1.29, 1.82) is 0 Å². The van der Waals surface area contributed by atoms with Gasteiger partial charge >= 0.3 is 0 Å². The van der Waals surface area contributed by atoms with Gasteiger partial charge in [-0.25, -0.2) is 15.0 Å². The van der Waals surface area contributed by atoms with Crippen LogP contribution in [0.25, 0.3) is 5.82 Å². The highest BCUT2D eigenvalue weighted by Gasteiger charge is 2.09. The number of anilines is 3. The summed E-state index contributed by atoms with van der Waals surface area (Å²) in [5.74, 6) is 1.14. The number of carbonyl (C=O) groups excluding carboxylic acids is 1. The number of carbonyl (C=O) groups is 1. The number of aromatic nitrogens is 5. The fraction of sp³-hybridized carbons (Fsp3) is 0. The lowest BCUT2D eigenvalue weighted by molar-refractivity contribution is 0.0988. The third-order valence-electron chi connectivity index (χ3n) is 3.50. The molecule has 3 heterocycles. The lowest BCUT2D eigenvalue weighted by Gasteiger charge is -2.08. The van der Waals surface area contributed by atoms with Crippen LogP contribution in [0.2, 0.25) is 0 Å². The van der Waals surface area contributed by atoms with Crippen molar-refractivity contribution in [3.05, 3.63) is 73.4 Å². The minimum absolute atomic E-state index is 0.153. The summed E-state index contributed by atoms with van der Waals surface area (Å²) < 4.78 is 6.60. The predicted octanol–water partition coefficient (Wildman–Crippen LogP) is 2.65. The van der Waals surface area contributed by atoms with Gasteiger partial charge < -0.3 is 15.2 Å². The zero-order chi connectivity index (χ0) is 17.8. The van der Waals surface area contributed by atoms with Crippen LogP contribution in [0, 0.1) is 0 Å². The molecule has 0 aliphatic carbocycles. The molecular weight excluding hydrogens is 334 g/mol. The Morgan fingerprint density at radius 1 is 1.04 bits per heavy atom. The van der Waals surface area contributed by atoms with E-state index in [1.807, 2.05) is 12.1 Å². The van der Waals surface area contributed by atoms with Crippen LogP contribution in [0.4, 0.5) is 17.2 Å². The quantitative estimate of drug-likeness (QED) is 0.571. The minimum atomic E-state index is -0.357. The third-order valence-corrected chi connectivity index (χ3v) is 3.50. The molecule has 2 N–H and O–H groups in total. The summed E-state index contributed by atoms with van der Waals surface area (Å²) in [7, 11) is 0. The lowest BCUT2D eigenvalue weighted by Crippen LogP contribution is -2.10. The van der Waals surface area contributed by atoms with E-state index < -0.39 is 0 Å². The van der Waals surface area contributed by atoms with Crippen LogP contribution >= 0.6 is 0 Å². The Balaban J connectivity index is 1.44. The zero-order valence-electron chi connectivity index (χ0n) is 13.4. The molecule has 1 aromatic carbocycles. The molecule has 3 aromatic heterocycles. The molecule has 0 aliphatic rings. The van der Waals surface area contributed by atoms with Gasteiger partial charge in [-0.15, -0.1) is 0 Å². The first-order valence-corrected chi connectivity index (χ1v) is 7.67. The second-order valence-corrected chi connectivity index (χ2v) is 5.26. The maximum atomic E-state index is 11.9. The van der Waals surface area contributed by atoms with Gasteiger partial charge in [-0.05, 0) is 24.3 Å². The molecule has 9 heteroatoms. The Bertz CT molecular complexity index is 996. The molecule has 0 bridgehead atoms. The van der Waals surface area contributed by atoms with Gasteiger partial charge in [0, 0.05) is 35.9 Å². The van der Waals surface area contributed by atoms with Gasteiger partial charge in [0.2, 0.25) is 5.76 Å². The largest absolute Gasteiger partial charge is 0.351 e. The Morgan fingerprint density at radius 3 is 2.62 bits per heavy atom. The molecule has 1 amide bonds. The Labute approximate surface area is 147 Å². The van der Waals surface area contributed by atoms with Crippen molar-refractivity contribution in [3.63, 3.8) is 0 Å². The van der Waals surface area contributed by atoms with Crippen molar-refractivity contribution < 1.29 is 9.32 Å². The zero-order valence-corrected chi connectivity index (χ0v) is 13.4. The number of hydrogen-bond acceptors (Lipinski definition) is 7. The average Bonchev–Trinajstić information content (AvgIpc) is 3.38. The molecule has 9 nitrogen and oxygen atoms in total. The van der Waals surface area contributed by atoms with Crippen molar-refractivity contribution in [2.75, 3.05) is 10.6 Å². The summed E-state index contributed by atoms with van der Waals surface area (Å²) in [4.78, 5) is 24.3. The molecule has 0 saturated carbocycles. The monoisotopic (exact) mass is 347 g/mol. The molecule has 128 valence electrons. The topological polar surface area (TPSA) is 111 Å². The van der Waals surface area contributed by atoms with E-state index in [9.17, 15) is 4.79 Å². The number of nitrogens with one attached hydrogen (secondary N) is 2. The number of imidazole rings is 1. The van der Waals surface area contributed by atoms with Gasteiger partial charge in [0.1, 0.15) is 24.3 Å². The second kappa shape index (κ2) is 6.85. The molecular formula is C17H13N7O2. The summed E-state index contributed by atoms with van der Waals surface area (Å²) >= 11 is 0. The highest BCUT2D eigenvalue weighted by Crippen LogP contribution is 2.19. The molecule has 0 atom stereocenters. The average molecular weight is 347 g/mol. The summed E-state index contributed by atoms with van der Waals surface area (Å²) in [5.41, 5.74) is 1.46. The first-order chi connectivity index (χ1) is 12.8. The molecule has 4 rings (SSSR count). The van der Waals surface area contributed by atoms with Crippen LogP contribution in [0.1, 0.15) is 10.6 Å². The van der Waals surface area contributed by atoms with E-state index in [-0.39, 0.29) is 11.7 Å². The summed E-state index contributed by atoms with van der Waals surface area (Å²) in [6, 6.07) is 10.5. The highest BCUT2D eigenvalue weighted by atomic mass is 16.5. The summed E-state index contributed by atoms with van der Waals surface area (Å²) in [6.45, 7) is 0. The van der Waals surface area contributed by atoms with Gasteiger partial charge in [0.05, 0.1) is 6.20 Å². The molecule has 0 saturated heterocycles. The maximum Gasteiger partial charge on any atom is 0.294 e. The normalized spacial score (nSPS) is 10.5. The van der Waals surface area contributed by atoms with E-state index in [0.29, 0.717) is 17.3 Å². The predicted molar refractivity (Wildman–Crippen MR) is 93.3 cm³/mol. The van der Waals surface area contributed by atoms with E-state index in [4.69, 9.17) is 4.52 Å². The molecule has 26 heavy (non-hydrogen) atoms. The molecule has 0 aliphatic heterocycles. The van der Waals surface area contributed by atoms with E-state index in [0.717, 1.165) is 5.69 Å². The van der Waals surface area contributed by atoms with Gasteiger partial charge in [-0.2, -0.15) is 0 Å². The molecule has 0 fully saturated rings. The van der Waals surface area contributed by atoms with E-state index >= 15 is 0 Å². The van der Waals surface area contributed by atoms with Crippen LogP contribution in [-0.2, 0) is 0 Å². The fourth-order valence-corrected chi connectivity index (χ4v) is 2.26. The van der Waals surface area contributed by atoms with Crippen molar-refractivity contribution in [2.45, 2.75) is 0 Å². The van der Waals surface area contributed by atoms with Crippen molar-refractivity contribution in [2.24, 2.45) is 0 Å². The van der Waals surface area contributed by atoms with Crippen molar-refractivity contribution in [3.8, 4) is 5.82 Å². The Hall–Kier alpha value is -4.01. The minimum Gasteiger partial charge on any atom is -0.351 e. The number of amides is 1. The SMILES string of the molecule is O=C(Nc1ccc(Nc2cc(-n3ccnc3)ncn2)cc1)c1ccno1. The number of nitrogens with zero attached hydrogens (tertiary/aromatic N) is 5. The highest BCUT2D eigenvalue weighted by molar-refractivity contribution is 6.02. The number of hydrogen-bond donors (Lipinski definition) is 2. The van der Waals surface area contributed by atoms with Gasteiger partial charge in [-0.3, -0.25) is 9.36 Å². The van der Waals surface area contributed by atoms with Crippen molar-refractivity contribution >= 4 is 23.1 Å². The smallest absolute Gasteiger partial charge is 0.294 e. The molecule has 0 radical (unpaired) electrons.